The van der Waals surface area contributed by atoms with Crippen molar-refractivity contribution in [2.45, 2.75) is 79.9 Å². The molecule has 4 rings (SSSR count). The van der Waals surface area contributed by atoms with Gasteiger partial charge in [0.05, 0.1) is 16.1 Å². The first kappa shape index (κ1) is 28.8. The van der Waals surface area contributed by atoms with Crippen LogP contribution in [0.25, 0.3) is 5.57 Å². The maximum absolute atomic E-state index is 2.49. The van der Waals surface area contributed by atoms with Gasteiger partial charge in [-0.1, -0.05) is 143 Å². The molecule has 3 heteroatoms. The molecule has 0 saturated heterocycles. The Kier molecular flexibility index (Phi) is 8.14. The SMILES string of the molecule is CC1=C(C)C(C[SiH](c2ccc([Si](C)(C)C)cc2)c2ccc([Si](C)(C)C)cc2)C(c2cc(C)cc(C)c2)=C1C. The van der Waals surface area contributed by atoms with E-state index in [1.807, 2.05) is 0 Å². The first-order valence-corrected chi connectivity index (χ1v) is 23.3. The van der Waals surface area contributed by atoms with E-state index in [2.05, 4.69) is 141 Å². The molecule has 3 aromatic rings. The molecule has 0 N–H and O–H groups in total. The molecule has 0 aliphatic heterocycles. The lowest BCUT2D eigenvalue weighted by molar-refractivity contribution is 0.884. The van der Waals surface area contributed by atoms with Gasteiger partial charge in [0.1, 0.15) is 8.80 Å². The number of hydrogen-bond donors (Lipinski definition) is 0. The predicted molar refractivity (Wildman–Crippen MR) is 180 cm³/mol. The Hall–Kier alpha value is -2.21. The van der Waals surface area contributed by atoms with Gasteiger partial charge in [-0.05, 0) is 62.9 Å². The first-order chi connectivity index (χ1) is 17.7. The normalized spacial score (nSPS) is 16.7. The van der Waals surface area contributed by atoms with Gasteiger partial charge in [0, 0.05) is 5.92 Å². The number of allylic oxidation sites excluding steroid dienone is 4. The van der Waals surface area contributed by atoms with Gasteiger partial charge >= 0.3 is 0 Å². The fraction of sp³-hybridized carbons (Fsp3) is 0.371. The number of aryl methyl sites for hydroxylation is 2. The van der Waals surface area contributed by atoms with E-state index in [1.54, 1.807) is 31.9 Å². The molecule has 0 amide bonds. The highest BCUT2D eigenvalue weighted by atomic mass is 28.3. The summed E-state index contributed by atoms with van der Waals surface area (Å²) >= 11 is 0. The second kappa shape index (κ2) is 10.7. The van der Waals surface area contributed by atoms with Crippen LogP contribution in [0.2, 0.25) is 45.3 Å². The van der Waals surface area contributed by atoms with Crippen LogP contribution in [0.5, 0.6) is 0 Å². The smallest absolute Gasteiger partial charge is 0.0656 e. The zero-order valence-corrected chi connectivity index (χ0v) is 28.9. The third-order valence-electron chi connectivity index (χ3n) is 8.79. The monoisotopic (exact) mass is 552 g/mol. The third kappa shape index (κ3) is 6.00. The number of benzene rings is 3. The fourth-order valence-electron chi connectivity index (χ4n) is 6.21. The zero-order valence-electron chi connectivity index (χ0n) is 25.7. The molecule has 200 valence electrons. The zero-order chi connectivity index (χ0) is 28.0. The molecular weight excluding hydrogens is 505 g/mol. The van der Waals surface area contributed by atoms with Crippen molar-refractivity contribution >= 4 is 51.3 Å². The van der Waals surface area contributed by atoms with Gasteiger partial charge in [-0.2, -0.15) is 0 Å². The molecule has 0 nitrogen and oxygen atoms in total. The Balaban J connectivity index is 1.81. The van der Waals surface area contributed by atoms with E-state index in [1.165, 1.54) is 33.9 Å². The highest BCUT2D eigenvalue weighted by Gasteiger charge is 2.33. The van der Waals surface area contributed by atoms with Gasteiger partial charge in [-0.3, -0.25) is 0 Å². The van der Waals surface area contributed by atoms with Crippen molar-refractivity contribution in [1.82, 2.24) is 0 Å². The lowest BCUT2D eigenvalue weighted by Crippen LogP contribution is -2.46. The summed E-state index contributed by atoms with van der Waals surface area (Å²) < 4.78 is 0. The quantitative estimate of drug-likeness (QED) is 0.272. The minimum Gasteiger partial charge on any atom is -0.0656 e. The van der Waals surface area contributed by atoms with Crippen molar-refractivity contribution in [3.63, 3.8) is 0 Å². The third-order valence-corrected chi connectivity index (χ3v) is 16.2. The molecular formula is C35H48Si3. The molecule has 0 spiro atoms. The Morgan fingerprint density at radius 3 is 1.39 bits per heavy atom. The molecule has 1 aliphatic rings. The van der Waals surface area contributed by atoms with E-state index in [9.17, 15) is 0 Å². The standard InChI is InChI=1S/C35H48Si3/c1-24-20-25(2)22-29(21-24)35-28(5)26(3)27(4)34(35)23-36(30-12-16-32(17-13-30)37(6,7)8)31-14-18-33(19-15-31)38(9,10)11/h12-22,34,36H,23H2,1-11H3. The summed E-state index contributed by atoms with van der Waals surface area (Å²) in [6.45, 7) is 26.3. The summed E-state index contributed by atoms with van der Waals surface area (Å²) in [5.74, 6) is 0.487. The minimum absolute atomic E-state index is 0.487. The summed E-state index contributed by atoms with van der Waals surface area (Å²) in [6.07, 6.45) is 0. The van der Waals surface area contributed by atoms with Crippen molar-refractivity contribution in [1.29, 1.82) is 0 Å². The van der Waals surface area contributed by atoms with Crippen molar-refractivity contribution in [2.75, 3.05) is 0 Å². The maximum Gasteiger partial charge on any atom is 0.104 e. The molecule has 0 radical (unpaired) electrons. The van der Waals surface area contributed by atoms with E-state index >= 15 is 0 Å². The molecule has 1 atom stereocenters. The van der Waals surface area contributed by atoms with Crippen molar-refractivity contribution in [3.05, 3.63) is 100 Å². The van der Waals surface area contributed by atoms with Crippen LogP contribution in [-0.2, 0) is 0 Å². The Morgan fingerprint density at radius 2 is 1.00 bits per heavy atom. The Morgan fingerprint density at radius 1 is 0.579 bits per heavy atom. The average Bonchev–Trinajstić information content (AvgIpc) is 3.04. The van der Waals surface area contributed by atoms with Crippen LogP contribution in [-0.4, -0.2) is 24.9 Å². The minimum atomic E-state index is -1.47. The lowest BCUT2D eigenvalue weighted by atomic mass is 9.90. The van der Waals surface area contributed by atoms with Crippen LogP contribution in [0.4, 0.5) is 0 Å². The maximum atomic E-state index is 2.49. The lowest BCUT2D eigenvalue weighted by Gasteiger charge is -2.26. The van der Waals surface area contributed by atoms with Crippen LogP contribution < -0.4 is 20.7 Å². The molecule has 38 heavy (non-hydrogen) atoms. The van der Waals surface area contributed by atoms with E-state index in [0.29, 0.717) is 5.92 Å². The average molecular weight is 553 g/mol. The predicted octanol–water partition coefficient (Wildman–Crippen LogP) is 7.18. The molecule has 0 aromatic heterocycles. The topological polar surface area (TPSA) is 0 Å². The van der Waals surface area contributed by atoms with Crippen LogP contribution in [0.15, 0.2) is 83.4 Å². The summed E-state index contributed by atoms with van der Waals surface area (Å²) in [7, 11) is -4.12. The number of hydrogen-bond acceptors (Lipinski definition) is 0. The Labute approximate surface area is 236 Å². The van der Waals surface area contributed by atoms with Crippen molar-refractivity contribution < 1.29 is 0 Å². The summed E-state index contributed by atoms with van der Waals surface area (Å²) in [5, 5.41) is 6.29. The van der Waals surface area contributed by atoms with Gasteiger partial charge in [0.2, 0.25) is 0 Å². The van der Waals surface area contributed by atoms with Gasteiger partial charge in [0.15, 0.2) is 0 Å². The molecule has 3 aromatic carbocycles. The molecule has 0 bridgehead atoms. The number of rotatable bonds is 7. The molecule has 1 aliphatic carbocycles. The van der Waals surface area contributed by atoms with E-state index in [0.717, 1.165) is 0 Å². The van der Waals surface area contributed by atoms with Crippen LogP contribution >= 0.6 is 0 Å². The molecule has 0 fully saturated rings. The van der Waals surface area contributed by atoms with Crippen LogP contribution in [0.1, 0.15) is 37.5 Å². The summed E-state index contributed by atoms with van der Waals surface area (Å²) in [4.78, 5) is 0. The largest absolute Gasteiger partial charge is 0.104 e. The van der Waals surface area contributed by atoms with Crippen molar-refractivity contribution in [2.24, 2.45) is 5.92 Å². The van der Waals surface area contributed by atoms with Crippen molar-refractivity contribution in [3.8, 4) is 0 Å². The first-order valence-electron chi connectivity index (χ1n) is 14.3. The van der Waals surface area contributed by atoms with E-state index < -0.39 is 24.9 Å². The molecule has 0 saturated carbocycles. The van der Waals surface area contributed by atoms with Gasteiger partial charge < -0.3 is 0 Å². The van der Waals surface area contributed by atoms with Gasteiger partial charge in [0.25, 0.3) is 0 Å². The summed E-state index contributed by atoms with van der Waals surface area (Å²) in [5.41, 5.74) is 10.3. The second-order valence-corrected chi connectivity index (χ2v) is 26.9. The Bertz CT molecular complexity index is 1300. The molecule has 1 unspecified atom stereocenters. The van der Waals surface area contributed by atoms with E-state index in [4.69, 9.17) is 0 Å². The van der Waals surface area contributed by atoms with E-state index in [-0.39, 0.29) is 0 Å². The molecule has 0 heterocycles. The summed E-state index contributed by atoms with van der Waals surface area (Å²) in [6, 6.07) is 28.1. The highest BCUT2D eigenvalue weighted by molar-refractivity contribution is 6.90. The van der Waals surface area contributed by atoms with Gasteiger partial charge in [-0.25, -0.2) is 0 Å². The van der Waals surface area contributed by atoms with Crippen LogP contribution in [0.3, 0.4) is 0 Å². The van der Waals surface area contributed by atoms with Crippen LogP contribution in [0, 0.1) is 19.8 Å². The fourth-order valence-corrected chi connectivity index (χ4v) is 11.8. The highest BCUT2D eigenvalue weighted by Crippen LogP contribution is 2.45. The second-order valence-electron chi connectivity index (χ2n) is 13.8. The van der Waals surface area contributed by atoms with Gasteiger partial charge in [-0.15, -0.1) is 0 Å².